The Bertz CT molecular complexity index is 468. The highest BCUT2D eigenvalue weighted by molar-refractivity contribution is 7.80. The predicted octanol–water partition coefficient (Wildman–Crippen LogP) is 2.24. The molecule has 1 fully saturated rings. The maximum atomic E-state index is 12.7. The average molecular weight is 276 g/mol. The highest BCUT2D eigenvalue weighted by Gasteiger charge is 2.52. The van der Waals surface area contributed by atoms with Crippen molar-refractivity contribution in [2.24, 2.45) is 5.73 Å². The number of nitrogens with zero attached hydrogens (tertiary/aromatic N) is 1. The van der Waals surface area contributed by atoms with E-state index in [1.54, 1.807) is 0 Å². The summed E-state index contributed by atoms with van der Waals surface area (Å²) < 4.78 is 0. The molecule has 0 radical (unpaired) electrons. The van der Waals surface area contributed by atoms with Gasteiger partial charge in [0.05, 0.1) is 10.4 Å². The van der Waals surface area contributed by atoms with Crippen LogP contribution in [-0.2, 0) is 10.2 Å². The van der Waals surface area contributed by atoms with Crippen molar-refractivity contribution in [3.8, 4) is 0 Å². The highest BCUT2D eigenvalue weighted by Crippen LogP contribution is 2.49. The van der Waals surface area contributed by atoms with Crippen LogP contribution in [0.15, 0.2) is 30.3 Å². The van der Waals surface area contributed by atoms with Gasteiger partial charge in [-0.25, -0.2) is 0 Å². The lowest BCUT2D eigenvalue weighted by Gasteiger charge is -2.26. The summed E-state index contributed by atoms with van der Waals surface area (Å²) in [6.07, 6.45) is 2.48. The van der Waals surface area contributed by atoms with Gasteiger partial charge in [-0.15, -0.1) is 0 Å². The highest BCUT2D eigenvalue weighted by atomic mass is 32.1. The van der Waals surface area contributed by atoms with Crippen LogP contribution in [0.25, 0.3) is 0 Å². The molecule has 2 rings (SSSR count). The lowest BCUT2D eigenvalue weighted by atomic mass is 9.94. The summed E-state index contributed by atoms with van der Waals surface area (Å²) in [7, 11) is 0. The van der Waals surface area contributed by atoms with Gasteiger partial charge in [0.1, 0.15) is 0 Å². The fourth-order valence-corrected chi connectivity index (χ4v) is 2.55. The first-order valence-corrected chi connectivity index (χ1v) is 7.14. The van der Waals surface area contributed by atoms with Crippen molar-refractivity contribution in [3.05, 3.63) is 35.9 Å². The van der Waals surface area contributed by atoms with Gasteiger partial charge in [0, 0.05) is 19.5 Å². The number of carbonyl (C=O) groups excluding carboxylic acids is 1. The molecule has 1 saturated carbocycles. The maximum absolute atomic E-state index is 12.7. The summed E-state index contributed by atoms with van der Waals surface area (Å²) >= 11 is 4.89. The Labute approximate surface area is 119 Å². The van der Waals surface area contributed by atoms with E-state index in [-0.39, 0.29) is 11.3 Å². The van der Waals surface area contributed by atoms with Gasteiger partial charge in [0.2, 0.25) is 5.91 Å². The van der Waals surface area contributed by atoms with Crippen LogP contribution < -0.4 is 5.73 Å². The van der Waals surface area contributed by atoms with Gasteiger partial charge in [0.15, 0.2) is 0 Å². The molecule has 19 heavy (non-hydrogen) atoms. The van der Waals surface area contributed by atoms with Gasteiger partial charge >= 0.3 is 0 Å². The number of hydrogen-bond acceptors (Lipinski definition) is 2. The summed E-state index contributed by atoms with van der Waals surface area (Å²) in [4.78, 5) is 15.1. The molecule has 102 valence electrons. The predicted molar refractivity (Wildman–Crippen MR) is 81.0 cm³/mol. The van der Waals surface area contributed by atoms with Crippen molar-refractivity contribution in [2.45, 2.75) is 31.6 Å². The van der Waals surface area contributed by atoms with Crippen LogP contribution in [0, 0.1) is 0 Å². The van der Waals surface area contributed by atoms with E-state index in [1.165, 1.54) is 0 Å². The summed E-state index contributed by atoms with van der Waals surface area (Å²) in [5.74, 6) is 0.220. The lowest BCUT2D eigenvalue weighted by molar-refractivity contribution is -0.133. The van der Waals surface area contributed by atoms with E-state index in [4.69, 9.17) is 18.0 Å². The molecule has 1 aromatic carbocycles. The zero-order valence-electron chi connectivity index (χ0n) is 11.3. The molecule has 0 bridgehead atoms. The van der Waals surface area contributed by atoms with Crippen LogP contribution in [0.2, 0.25) is 0 Å². The molecule has 0 atom stereocenters. The number of carbonyl (C=O) groups is 1. The van der Waals surface area contributed by atoms with Crippen molar-refractivity contribution in [2.75, 3.05) is 13.1 Å². The van der Waals surface area contributed by atoms with Crippen LogP contribution in [-0.4, -0.2) is 28.9 Å². The van der Waals surface area contributed by atoms with Crippen molar-refractivity contribution in [1.29, 1.82) is 0 Å². The van der Waals surface area contributed by atoms with Gasteiger partial charge < -0.3 is 10.6 Å². The summed E-state index contributed by atoms with van der Waals surface area (Å²) in [5.41, 5.74) is 6.37. The van der Waals surface area contributed by atoms with Crippen molar-refractivity contribution in [3.63, 3.8) is 0 Å². The topological polar surface area (TPSA) is 46.3 Å². The lowest BCUT2D eigenvalue weighted by Crippen LogP contribution is -2.40. The molecule has 1 aliphatic carbocycles. The third kappa shape index (κ3) is 2.95. The molecule has 1 amide bonds. The van der Waals surface area contributed by atoms with Gasteiger partial charge in [-0.3, -0.25) is 4.79 Å². The molecule has 1 aromatic rings. The first-order chi connectivity index (χ1) is 9.10. The third-order valence-corrected chi connectivity index (χ3v) is 3.99. The van der Waals surface area contributed by atoms with E-state index in [1.807, 2.05) is 42.2 Å². The molecule has 0 spiro atoms. The first-order valence-electron chi connectivity index (χ1n) is 6.73. The van der Waals surface area contributed by atoms with Gasteiger partial charge in [-0.05, 0) is 25.3 Å². The minimum absolute atomic E-state index is 0.220. The zero-order chi connectivity index (χ0) is 13.9. The molecule has 2 N–H and O–H groups in total. The summed E-state index contributed by atoms with van der Waals surface area (Å²) in [6, 6.07) is 10.1. The largest absolute Gasteiger partial charge is 0.393 e. The molecule has 0 aromatic heterocycles. The molecule has 4 heteroatoms. The molecule has 3 nitrogen and oxygen atoms in total. The van der Waals surface area contributed by atoms with Crippen LogP contribution >= 0.6 is 12.2 Å². The number of amides is 1. The molecule has 0 aliphatic heterocycles. The second-order valence-electron chi connectivity index (χ2n) is 5.05. The van der Waals surface area contributed by atoms with Crippen LogP contribution in [0.3, 0.4) is 0 Å². The van der Waals surface area contributed by atoms with Gasteiger partial charge in [0.25, 0.3) is 0 Å². The monoisotopic (exact) mass is 276 g/mol. The number of nitrogens with two attached hydrogens (primary N) is 1. The SMILES string of the molecule is CCN(CCC(N)=S)C(=O)C1(c2ccccc2)CC1. The number of thiocarbonyl (C=S) groups is 1. The number of hydrogen-bond donors (Lipinski definition) is 1. The summed E-state index contributed by atoms with van der Waals surface area (Å²) in [5, 5.41) is 0. The second-order valence-corrected chi connectivity index (χ2v) is 5.57. The fourth-order valence-electron chi connectivity index (χ4n) is 2.46. The van der Waals surface area contributed by atoms with Crippen molar-refractivity contribution in [1.82, 2.24) is 4.90 Å². The Hall–Kier alpha value is -1.42. The standard InChI is InChI=1S/C15H20N2OS/c1-2-17(11-8-13(16)19)14(18)15(9-10-15)12-6-4-3-5-7-12/h3-7H,2,8-11H2,1H3,(H2,16,19). The Kier molecular flexibility index (Phi) is 4.20. The molecule has 1 aliphatic rings. The van der Waals surface area contributed by atoms with Crippen LogP contribution in [0.5, 0.6) is 0 Å². The van der Waals surface area contributed by atoms with Crippen LogP contribution in [0.4, 0.5) is 0 Å². The molecule has 0 heterocycles. The van der Waals surface area contributed by atoms with E-state index in [2.05, 4.69) is 0 Å². The first kappa shape index (κ1) is 14.0. The molecular weight excluding hydrogens is 256 g/mol. The number of benzene rings is 1. The van der Waals surface area contributed by atoms with Gasteiger partial charge in [-0.2, -0.15) is 0 Å². The van der Waals surface area contributed by atoms with E-state index in [9.17, 15) is 4.79 Å². The Balaban J connectivity index is 2.12. The molecule has 0 saturated heterocycles. The minimum Gasteiger partial charge on any atom is -0.393 e. The smallest absolute Gasteiger partial charge is 0.233 e. The summed E-state index contributed by atoms with van der Waals surface area (Å²) in [6.45, 7) is 3.33. The van der Waals surface area contributed by atoms with Crippen molar-refractivity contribution >= 4 is 23.1 Å². The Morgan fingerprint density at radius 3 is 2.47 bits per heavy atom. The number of likely N-dealkylation sites (N-methyl/N-ethyl adjacent to an activating group) is 1. The Morgan fingerprint density at radius 2 is 2.00 bits per heavy atom. The van der Waals surface area contributed by atoms with E-state index >= 15 is 0 Å². The Morgan fingerprint density at radius 1 is 1.37 bits per heavy atom. The molecule has 0 unspecified atom stereocenters. The maximum Gasteiger partial charge on any atom is 0.233 e. The van der Waals surface area contributed by atoms with Crippen molar-refractivity contribution < 1.29 is 4.79 Å². The van der Waals surface area contributed by atoms with Gasteiger partial charge in [-0.1, -0.05) is 42.5 Å². The van der Waals surface area contributed by atoms with E-state index < -0.39 is 0 Å². The quantitative estimate of drug-likeness (QED) is 0.811. The number of rotatable bonds is 6. The van der Waals surface area contributed by atoms with E-state index in [0.29, 0.717) is 24.5 Å². The average Bonchev–Trinajstić information content (AvgIpc) is 3.21. The zero-order valence-corrected chi connectivity index (χ0v) is 12.1. The normalized spacial score (nSPS) is 15.8. The molecular formula is C15H20N2OS. The third-order valence-electron chi connectivity index (χ3n) is 3.78. The fraction of sp³-hybridized carbons (Fsp3) is 0.467. The van der Waals surface area contributed by atoms with Crippen LogP contribution in [0.1, 0.15) is 31.7 Å². The minimum atomic E-state index is -0.284. The van der Waals surface area contributed by atoms with E-state index in [0.717, 1.165) is 18.4 Å². The second kappa shape index (κ2) is 5.70.